The highest BCUT2D eigenvalue weighted by atomic mass is 79.9. The smallest absolute Gasteiger partial charge is 0.239 e. The highest BCUT2D eigenvalue weighted by Crippen LogP contribution is 2.10. The first-order valence-corrected chi connectivity index (χ1v) is 6.88. The number of halogens is 1. The van der Waals surface area contributed by atoms with Crippen molar-refractivity contribution in [1.82, 2.24) is 10.6 Å². The van der Waals surface area contributed by atoms with Gasteiger partial charge < -0.3 is 10.6 Å². The lowest BCUT2D eigenvalue weighted by atomic mass is 10.1. The molecular formula is C14H19BrN2O2. The van der Waals surface area contributed by atoms with Crippen LogP contribution in [0.3, 0.4) is 0 Å². The number of carbonyl (C=O) groups excluding carboxylic acids is 2. The van der Waals surface area contributed by atoms with Crippen molar-refractivity contribution in [2.45, 2.75) is 32.7 Å². The van der Waals surface area contributed by atoms with E-state index in [-0.39, 0.29) is 30.3 Å². The lowest BCUT2D eigenvalue weighted by Gasteiger charge is -2.20. The molecule has 0 aromatic heterocycles. The number of nitrogens with one attached hydrogen (secondary N) is 2. The average Bonchev–Trinajstić information content (AvgIpc) is 2.27. The van der Waals surface area contributed by atoms with Crippen LogP contribution in [0.15, 0.2) is 28.7 Å². The molecule has 0 atom stereocenters. The molecule has 0 aliphatic carbocycles. The molecule has 0 radical (unpaired) electrons. The van der Waals surface area contributed by atoms with Crippen LogP contribution in [0.25, 0.3) is 0 Å². The highest BCUT2D eigenvalue weighted by Gasteiger charge is 2.14. The second kappa shape index (κ2) is 6.70. The molecule has 0 spiro atoms. The van der Waals surface area contributed by atoms with E-state index < -0.39 is 0 Å². The maximum Gasteiger partial charge on any atom is 0.239 e. The van der Waals surface area contributed by atoms with Crippen LogP contribution in [0.2, 0.25) is 0 Å². The normalized spacial score (nSPS) is 10.9. The Morgan fingerprint density at radius 3 is 2.21 bits per heavy atom. The van der Waals surface area contributed by atoms with Gasteiger partial charge in [-0.25, -0.2) is 0 Å². The predicted molar refractivity (Wildman–Crippen MR) is 78.8 cm³/mol. The molecule has 0 saturated carbocycles. The van der Waals surface area contributed by atoms with E-state index in [0.29, 0.717) is 0 Å². The zero-order valence-corrected chi connectivity index (χ0v) is 13.0. The van der Waals surface area contributed by atoms with E-state index in [1.54, 1.807) is 0 Å². The Labute approximate surface area is 122 Å². The maximum atomic E-state index is 11.7. The largest absolute Gasteiger partial charge is 0.350 e. The van der Waals surface area contributed by atoms with Crippen molar-refractivity contribution in [3.05, 3.63) is 34.3 Å². The van der Waals surface area contributed by atoms with Crippen LogP contribution in [0, 0.1) is 0 Å². The first kappa shape index (κ1) is 15.7. The van der Waals surface area contributed by atoms with E-state index in [1.807, 2.05) is 45.0 Å². The van der Waals surface area contributed by atoms with Crippen molar-refractivity contribution in [2.75, 3.05) is 6.54 Å². The molecule has 2 amide bonds. The van der Waals surface area contributed by atoms with Crippen molar-refractivity contribution in [3.63, 3.8) is 0 Å². The zero-order chi connectivity index (χ0) is 14.5. The summed E-state index contributed by atoms with van der Waals surface area (Å²) < 4.78 is 0.973. The summed E-state index contributed by atoms with van der Waals surface area (Å²) in [5.74, 6) is -0.344. The van der Waals surface area contributed by atoms with Gasteiger partial charge in [0.2, 0.25) is 11.8 Å². The Morgan fingerprint density at radius 2 is 1.68 bits per heavy atom. The Balaban J connectivity index is 2.36. The van der Waals surface area contributed by atoms with Crippen LogP contribution in [0.1, 0.15) is 26.3 Å². The molecular weight excluding hydrogens is 308 g/mol. The van der Waals surface area contributed by atoms with Crippen molar-refractivity contribution in [1.29, 1.82) is 0 Å². The Bertz CT molecular complexity index is 450. The standard InChI is InChI=1S/C14H19BrN2O2/c1-14(2,3)17-13(19)9-16-12(18)8-10-4-6-11(15)7-5-10/h4-7H,8-9H2,1-3H3,(H,16,18)(H,17,19). The SMILES string of the molecule is CC(C)(C)NC(=O)CNC(=O)Cc1ccc(Br)cc1. The van der Waals surface area contributed by atoms with Gasteiger partial charge in [0.15, 0.2) is 0 Å². The summed E-state index contributed by atoms with van der Waals surface area (Å²) in [6.07, 6.45) is 0.274. The van der Waals surface area contributed by atoms with E-state index in [4.69, 9.17) is 0 Å². The molecule has 0 aliphatic rings. The zero-order valence-electron chi connectivity index (χ0n) is 11.4. The fourth-order valence-corrected chi connectivity index (χ4v) is 1.76. The van der Waals surface area contributed by atoms with Crippen LogP contribution in [-0.2, 0) is 16.0 Å². The third-order valence-corrected chi connectivity index (χ3v) is 2.77. The molecule has 5 heteroatoms. The van der Waals surface area contributed by atoms with Crippen LogP contribution in [0.5, 0.6) is 0 Å². The van der Waals surface area contributed by atoms with E-state index in [1.165, 1.54) is 0 Å². The number of benzene rings is 1. The average molecular weight is 327 g/mol. The van der Waals surface area contributed by atoms with E-state index >= 15 is 0 Å². The minimum absolute atomic E-state index is 0.00658. The number of rotatable bonds is 4. The van der Waals surface area contributed by atoms with Gasteiger partial charge in [-0.2, -0.15) is 0 Å². The Kier molecular flexibility index (Phi) is 5.54. The van der Waals surface area contributed by atoms with Gasteiger partial charge >= 0.3 is 0 Å². The topological polar surface area (TPSA) is 58.2 Å². The first-order chi connectivity index (χ1) is 8.76. The van der Waals surface area contributed by atoms with Gasteiger partial charge in [-0.3, -0.25) is 9.59 Å². The Morgan fingerprint density at radius 1 is 1.11 bits per heavy atom. The fourth-order valence-electron chi connectivity index (χ4n) is 1.49. The predicted octanol–water partition coefficient (Wildman–Crippen LogP) is 2.02. The third kappa shape index (κ3) is 6.96. The number of hydrogen-bond acceptors (Lipinski definition) is 2. The summed E-state index contributed by atoms with van der Waals surface area (Å²) in [5.41, 5.74) is 0.630. The molecule has 1 rings (SSSR count). The minimum Gasteiger partial charge on any atom is -0.350 e. The van der Waals surface area contributed by atoms with Crippen molar-refractivity contribution < 1.29 is 9.59 Å². The van der Waals surface area contributed by atoms with Gasteiger partial charge in [0.25, 0.3) is 0 Å². The van der Waals surface area contributed by atoms with Gasteiger partial charge in [-0.05, 0) is 38.5 Å². The molecule has 4 nitrogen and oxygen atoms in total. The van der Waals surface area contributed by atoms with Gasteiger partial charge in [0.05, 0.1) is 13.0 Å². The third-order valence-electron chi connectivity index (χ3n) is 2.24. The minimum atomic E-state index is -0.284. The summed E-state index contributed by atoms with van der Waals surface area (Å²) in [5, 5.41) is 5.39. The second-order valence-electron chi connectivity index (χ2n) is 5.38. The quantitative estimate of drug-likeness (QED) is 0.889. The highest BCUT2D eigenvalue weighted by molar-refractivity contribution is 9.10. The molecule has 0 bridgehead atoms. The molecule has 0 heterocycles. The molecule has 104 valence electrons. The van der Waals surface area contributed by atoms with Crippen LogP contribution >= 0.6 is 15.9 Å². The Hall–Kier alpha value is -1.36. The lowest BCUT2D eigenvalue weighted by Crippen LogP contribution is -2.46. The van der Waals surface area contributed by atoms with E-state index in [2.05, 4.69) is 26.6 Å². The van der Waals surface area contributed by atoms with Crippen molar-refractivity contribution >= 4 is 27.7 Å². The summed E-state index contributed by atoms with van der Waals surface area (Å²) in [6, 6.07) is 7.52. The summed E-state index contributed by atoms with van der Waals surface area (Å²) in [6.45, 7) is 5.70. The van der Waals surface area contributed by atoms with Crippen molar-refractivity contribution in [2.24, 2.45) is 0 Å². The monoisotopic (exact) mass is 326 g/mol. The van der Waals surface area contributed by atoms with E-state index in [9.17, 15) is 9.59 Å². The summed E-state index contributed by atoms with van der Waals surface area (Å²) in [4.78, 5) is 23.2. The maximum absolute atomic E-state index is 11.7. The number of amides is 2. The second-order valence-corrected chi connectivity index (χ2v) is 6.29. The lowest BCUT2D eigenvalue weighted by molar-refractivity contribution is -0.126. The van der Waals surface area contributed by atoms with Gasteiger partial charge in [-0.15, -0.1) is 0 Å². The molecule has 0 aliphatic heterocycles. The molecule has 1 aromatic rings. The molecule has 0 unspecified atom stereocenters. The van der Waals surface area contributed by atoms with Crippen LogP contribution < -0.4 is 10.6 Å². The fraction of sp³-hybridized carbons (Fsp3) is 0.429. The summed E-state index contributed by atoms with van der Waals surface area (Å²) >= 11 is 3.34. The van der Waals surface area contributed by atoms with Crippen LogP contribution in [0.4, 0.5) is 0 Å². The first-order valence-electron chi connectivity index (χ1n) is 6.08. The molecule has 0 fully saturated rings. The molecule has 2 N–H and O–H groups in total. The van der Waals surface area contributed by atoms with E-state index in [0.717, 1.165) is 10.0 Å². The van der Waals surface area contributed by atoms with Crippen molar-refractivity contribution in [3.8, 4) is 0 Å². The molecule has 19 heavy (non-hydrogen) atoms. The van der Waals surface area contributed by atoms with Gasteiger partial charge in [-0.1, -0.05) is 28.1 Å². The number of hydrogen-bond donors (Lipinski definition) is 2. The van der Waals surface area contributed by atoms with Crippen LogP contribution in [-0.4, -0.2) is 23.9 Å². The number of carbonyl (C=O) groups is 2. The van der Waals surface area contributed by atoms with Gasteiger partial charge in [0.1, 0.15) is 0 Å². The van der Waals surface area contributed by atoms with Gasteiger partial charge in [0, 0.05) is 10.0 Å². The summed E-state index contributed by atoms with van der Waals surface area (Å²) in [7, 11) is 0. The molecule has 0 saturated heterocycles. The molecule has 1 aromatic carbocycles.